The Balaban J connectivity index is 1.28. The summed E-state index contributed by atoms with van der Waals surface area (Å²) in [5.74, 6) is 0. The summed E-state index contributed by atoms with van der Waals surface area (Å²) in [7, 11) is 0. The first kappa shape index (κ1) is 26.7. The van der Waals surface area contributed by atoms with Crippen molar-refractivity contribution in [1.29, 1.82) is 0 Å². The van der Waals surface area contributed by atoms with Crippen LogP contribution in [0.1, 0.15) is 28.9 Å². The average molecular weight is 589 g/mol. The highest BCUT2D eigenvalue weighted by molar-refractivity contribution is 6.17. The summed E-state index contributed by atoms with van der Waals surface area (Å²) in [5, 5.41) is 18.0. The smallest absolute Gasteiger partial charge is 0.104 e. The normalized spacial score (nSPS) is 16.5. The zero-order chi connectivity index (χ0) is 30.5. The lowest BCUT2D eigenvalue weighted by atomic mass is 9.88. The van der Waals surface area contributed by atoms with E-state index >= 15 is 0 Å². The fourth-order valence-corrected chi connectivity index (χ4v) is 7.30. The van der Waals surface area contributed by atoms with Crippen LogP contribution in [0.2, 0.25) is 0 Å². The second-order valence-electron chi connectivity index (χ2n) is 12.2. The first-order chi connectivity index (χ1) is 22.8. The average Bonchev–Trinajstić information content (AvgIpc) is 3.13. The van der Waals surface area contributed by atoms with Crippen LogP contribution in [-0.4, -0.2) is 0 Å². The maximum Gasteiger partial charge on any atom is 0.104 e. The van der Waals surface area contributed by atoms with Gasteiger partial charge in [-0.25, -0.2) is 0 Å². The molecule has 1 aliphatic rings. The molecule has 2 N–H and O–H groups in total. The van der Waals surface area contributed by atoms with Gasteiger partial charge in [0.25, 0.3) is 0 Å². The predicted molar refractivity (Wildman–Crippen MR) is 195 cm³/mol. The fourth-order valence-electron chi connectivity index (χ4n) is 7.30. The molecule has 2 nitrogen and oxygen atoms in total. The summed E-state index contributed by atoms with van der Waals surface area (Å²) in [6.07, 6.45) is 2.32. The van der Waals surface area contributed by atoms with Gasteiger partial charge in [-0.15, -0.1) is 0 Å². The Morgan fingerprint density at radius 2 is 1.11 bits per heavy atom. The van der Waals surface area contributed by atoms with Gasteiger partial charge in [0.2, 0.25) is 0 Å². The molecule has 1 heterocycles. The predicted octanol–water partition coefficient (Wildman–Crippen LogP) is 10.9. The fraction of sp³-hybridized carbons (Fsp3) is 0.0455. The van der Waals surface area contributed by atoms with Crippen LogP contribution in [0.25, 0.3) is 59.9 Å². The lowest BCUT2D eigenvalue weighted by molar-refractivity contribution is 0.443. The van der Waals surface area contributed by atoms with Gasteiger partial charge < -0.3 is 5.32 Å². The van der Waals surface area contributed by atoms with Crippen molar-refractivity contribution in [3.63, 3.8) is 0 Å². The van der Waals surface area contributed by atoms with Crippen LogP contribution in [0.15, 0.2) is 170 Å². The van der Waals surface area contributed by atoms with E-state index in [1.165, 1.54) is 70.9 Å². The van der Waals surface area contributed by atoms with E-state index < -0.39 is 0 Å². The molecule has 46 heavy (non-hydrogen) atoms. The maximum atomic E-state index is 3.97. The van der Waals surface area contributed by atoms with Gasteiger partial charge >= 0.3 is 0 Å². The molecule has 8 aromatic rings. The number of fused-ring (bicyclic) bond motifs is 5. The monoisotopic (exact) mass is 588 g/mol. The molecule has 0 spiro atoms. The molecule has 0 saturated heterocycles. The minimum absolute atomic E-state index is 0.0291. The van der Waals surface area contributed by atoms with E-state index in [2.05, 4.69) is 181 Å². The van der Waals surface area contributed by atoms with Crippen LogP contribution >= 0.6 is 0 Å². The van der Waals surface area contributed by atoms with Crippen LogP contribution in [-0.2, 0) is 0 Å². The molecule has 9 rings (SSSR count). The van der Waals surface area contributed by atoms with Gasteiger partial charge in [0.1, 0.15) is 6.17 Å². The number of benzene rings is 8. The highest BCUT2D eigenvalue weighted by atomic mass is 15.2. The number of hydrogen-bond donors (Lipinski definition) is 2. The van der Waals surface area contributed by atoms with E-state index in [4.69, 9.17) is 0 Å². The van der Waals surface area contributed by atoms with Crippen molar-refractivity contribution >= 4 is 48.8 Å². The Kier molecular flexibility index (Phi) is 6.40. The van der Waals surface area contributed by atoms with Crippen molar-refractivity contribution < 1.29 is 0 Å². The van der Waals surface area contributed by atoms with Gasteiger partial charge in [0.15, 0.2) is 0 Å². The maximum absolute atomic E-state index is 3.97. The molecule has 0 fully saturated rings. The molecule has 0 saturated carbocycles. The Hall–Kier alpha value is -5.70. The molecule has 0 aliphatic carbocycles. The summed E-state index contributed by atoms with van der Waals surface area (Å²) in [5.41, 5.74) is 7.31. The summed E-state index contributed by atoms with van der Waals surface area (Å²) in [6, 6.07) is 59.4. The molecular weight excluding hydrogens is 556 g/mol. The molecule has 0 radical (unpaired) electrons. The Morgan fingerprint density at radius 1 is 0.435 bits per heavy atom. The lowest BCUT2D eigenvalue weighted by Gasteiger charge is -2.34. The minimum atomic E-state index is -0.0784. The summed E-state index contributed by atoms with van der Waals surface area (Å²) < 4.78 is 0. The first-order valence-electron chi connectivity index (χ1n) is 16.0. The molecule has 0 amide bonds. The molecule has 0 aromatic heterocycles. The zero-order valence-corrected chi connectivity index (χ0v) is 25.3. The van der Waals surface area contributed by atoms with Gasteiger partial charge in [-0.05, 0) is 83.6 Å². The van der Waals surface area contributed by atoms with Crippen molar-refractivity contribution in [2.75, 3.05) is 0 Å². The molecule has 1 aliphatic heterocycles. The minimum Gasteiger partial charge on any atom is -0.366 e. The van der Waals surface area contributed by atoms with E-state index in [1.807, 2.05) is 0 Å². The summed E-state index contributed by atoms with van der Waals surface area (Å²) in [4.78, 5) is 0. The first-order valence-corrected chi connectivity index (χ1v) is 16.0. The highest BCUT2D eigenvalue weighted by Gasteiger charge is 2.27. The second-order valence-corrected chi connectivity index (χ2v) is 12.2. The molecular formula is C44H32N2. The van der Waals surface area contributed by atoms with Gasteiger partial charge in [0.05, 0.1) is 6.04 Å². The molecule has 218 valence electrons. The van der Waals surface area contributed by atoms with Crippen LogP contribution in [0, 0.1) is 0 Å². The van der Waals surface area contributed by atoms with Gasteiger partial charge in [0, 0.05) is 11.3 Å². The van der Waals surface area contributed by atoms with Gasteiger partial charge in [-0.2, -0.15) is 0 Å². The quantitative estimate of drug-likeness (QED) is 0.158. The van der Waals surface area contributed by atoms with Crippen molar-refractivity contribution in [3.8, 4) is 11.1 Å². The van der Waals surface area contributed by atoms with E-state index in [9.17, 15) is 0 Å². The van der Waals surface area contributed by atoms with Crippen molar-refractivity contribution in [1.82, 2.24) is 10.6 Å². The summed E-state index contributed by atoms with van der Waals surface area (Å²) in [6.45, 7) is 0. The third kappa shape index (κ3) is 4.54. The van der Waals surface area contributed by atoms with E-state index in [-0.39, 0.29) is 12.2 Å². The van der Waals surface area contributed by atoms with Crippen molar-refractivity contribution in [3.05, 3.63) is 187 Å². The van der Waals surface area contributed by atoms with E-state index in [1.54, 1.807) is 0 Å². The number of rotatable bonds is 4. The van der Waals surface area contributed by atoms with Crippen molar-refractivity contribution in [2.24, 2.45) is 0 Å². The standard InChI is InChI=1S/C44H32N2/c1-2-14-31(15-3-1)44-45-41(38-21-11-10-19-36(38)34-23-22-29-12-4-5-16-32(29)26-34)28-42(46-44)43-37-20-9-7-17-33(37)27-40-35-18-8-6-13-30(35)24-25-39(40)43/h1-28,41,44-46H. The summed E-state index contributed by atoms with van der Waals surface area (Å²) >= 11 is 0. The number of nitrogens with one attached hydrogen (secondary N) is 2. The highest BCUT2D eigenvalue weighted by Crippen LogP contribution is 2.41. The zero-order valence-electron chi connectivity index (χ0n) is 25.3. The lowest BCUT2D eigenvalue weighted by Crippen LogP contribution is -2.39. The molecule has 2 unspecified atom stereocenters. The molecule has 2 heteroatoms. The van der Waals surface area contributed by atoms with Crippen LogP contribution in [0.5, 0.6) is 0 Å². The third-order valence-corrected chi connectivity index (χ3v) is 9.51. The van der Waals surface area contributed by atoms with Gasteiger partial charge in [-0.1, -0.05) is 152 Å². The molecule has 8 aromatic carbocycles. The SMILES string of the molecule is C1=C(c2c3ccccc3cc3c2ccc2ccccc23)NC(c2ccccc2)NC1c1ccccc1-c1ccc2ccccc2c1. The van der Waals surface area contributed by atoms with Crippen LogP contribution < -0.4 is 10.6 Å². The number of hydrogen-bond acceptors (Lipinski definition) is 2. The van der Waals surface area contributed by atoms with Gasteiger partial charge in [-0.3, -0.25) is 5.32 Å². The Bertz CT molecular complexity index is 2440. The molecule has 2 atom stereocenters. The van der Waals surface area contributed by atoms with Crippen LogP contribution in [0.3, 0.4) is 0 Å². The van der Waals surface area contributed by atoms with Crippen molar-refractivity contribution in [2.45, 2.75) is 12.2 Å². The topological polar surface area (TPSA) is 24.1 Å². The van der Waals surface area contributed by atoms with E-state index in [0.717, 1.165) is 5.70 Å². The Morgan fingerprint density at radius 3 is 1.98 bits per heavy atom. The van der Waals surface area contributed by atoms with E-state index in [0.29, 0.717) is 0 Å². The third-order valence-electron chi connectivity index (χ3n) is 9.51. The van der Waals surface area contributed by atoms with Crippen LogP contribution in [0.4, 0.5) is 0 Å². The second kappa shape index (κ2) is 11.0. The molecule has 0 bridgehead atoms. The Labute approximate surface area is 268 Å². The largest absolute Gasteiger partial charge is 0.366 e.